The van der Waals surface area contributed by atoms with E-state index < -0.39 is 7.44 Å². The fourth-order valence-corrected chi connectivity index (χ4v) is 10.7. The molecule has 0 bridgehead atoms. The van der Waals surface area contributed by atoms with Crippen molar-refractivity contribution in [2.75, 3.05) is 9.34 Å². The first-order valence-electron chi connectivity index (χ1n) is 18.6. The topological polar surface area (TPSA) is 62.2 Å². The maximum atomic E-state index is 16.1. The SMILES string of the molecule is O=P1(c2ccccc2)N(c2ccccc2)c2ccc(-c3ccc(-c4nc(-c5ccccc5)nc(-c5ccccc5)n4)c4ccccc34)cc2N1c1ccccc1. The summed E-state index contributed by atoms with van der Waals surface area (Å²) in [6.45, 7) is 0. The molecule has 0 fully saturated rings. The van der Waals surface area contributed by atoms with Crippen LogP contribution in [0.4, 0.5) is 22.7 Å². The van der Waals surface area contributed by atoms with Gasteiger partial charge in [0.2, 0.25) is 0 Å². The molecule has 0 saturated carbocycles. The van der Waals surface area contributed by atoms with Crippen LogP contribution in [0.2, 0.25) is 0 Å². The molecule has 0 radical (unpaired) electrons. The van der Waals surface area contributed by atoms with Crippen molar-refractivity contribution in [3.05, 3.63) is 206 Å². The molecule has 0 amide bonds. The Morgan fingerprint density at radius 3 is 1.34 bits per heavy atom. The molecule has 7 heteroatoms. The van der Waals surface area contributed by atoms with E-state index in [4.69, 9.17) is 15.0 Å². The normalized spacial score (nSPS) is 14.9. The number of fused-ring (bicyclic) bond motifs is 2. The zero-order valence-corrected chi connectivity index (χ0v) is 31.1. The Kier molecular flexibility index (Phi) is 8.32. The Balaban J connectivity index is 1.17. The van der Waals surface area contributed by atoms with Gasteiger partial charge in [-0.05, 0) is 76.5 Å². The van der Waals surface area contributed by atoms with Crippen LogP contribution in [0.5, 0.6) is 0 Å². The van der Waals surface area contributed by atoms with Gasteiger partial charge in [-0.1, -0.05) is 152 Å². The van der Waals surface area contributed by atoms with Crippen LogP contribution in [-0.4, -0.2) is 15.0 Å². The van der Waals surface area contributed by atoms with Crippen molar-refractivity contribution in [2.45, 2.75) is 0 Å². The Hall–Kier alpha value is -7.14. The number of rotatable bonds is 7. The van der Waals surface area contributed by atoms with Crippen molar-refractivity contribution in [1.82, 2.24) is 15.0 Å². The molecular weight excluding hydrogens is 706 g/mol. The molecule has 0 saturated heterocycles. The van der Waals surface area contributed by atoms with Gasteiger partial charge in [0.15, 0.2) is 17.5 Å². The zero-order chi connectivity index (χ0) is 37.5. The Morgan fingerprint density at radius 1 is 0.357 bits per heavy atom. The van der Waals surface area contributed by atoms with Crippen LogP contribution >= 0.6 is 7.44 Å². The first-order chi connectivity index (χ1) is 27.7. The van der Waals surface area contributed by atoms with Crippen molar-refractivity contribution in [1.29, 1.82) is 0 Å². The number of nitrogens with zero attached hydrogens (tertiary/aromatic N) is 5. The van der Waals surface area contributed by atoms with Gasteiger partial charge in [-0.25, -0.2) is 15.0 Å². The highest BCUT2D eigenvalue weighted by Gasteiger charge is 2.49. The molecule has 2 heterocycles. The quantitative estimate of drug-likeness (QED) is 0.152. The standard InChI is InChI=1S/C49H34N5OP/c55-56(40-26-14-5-15-27-40)53(38-22-10-3-11-23-38)45-33-30-37(34-46(45)54(56)39-24-12-4-13-25-39)41-31-32-44(43-29-17-16-28-42(41)43)49-51-47(35-18-6-1-7-19-35)50-48(52-49)36-20-8-2-9-21-36/h1-34H. The average Bonchev–Trinajstić information content (AvgIpc) is 3.55. The molecule has 0 aliphatic carbocycles. The summed E-state index contributed by atoms with van der Waals surface area (Å²) in [6, 6.07) is 69.1. The molecular formula is C49H34N5OP. The van der Waals surface area contributed by atoms with E-state index in [1.165, 1.54) is 0 Å². The lowest BCUT2D eigenvalue weighted by atomic mass is 9.94. The predicted molar refractivity (Wildman–Crippen MR) is 230 cm³/mol. The summed E-state index contributed by atoms with van der Waals surface area (Å²) >= 11 is 0. The molecule has 0 N–H and O–H groups in total. The number of para-hydroxylation sites is 2. The van der Waals surface area contributed by atoms with Gasteiger partial charge in [0.1, 0.15) is 0 Å². The highest BCUT2D eigenvalue weighted by atomic mass is 31.2. The van der Waals surface area contributed by atoms with Gasteiger partial charge < -0.3 is 0 Å². The van der Waals surface area contributed by atoms with Gasteiger partial charge in [0, 0.05) is 28.1 Å². The minimum atomic E-state index is -3.49. The Bertz CT molecular complexity index is 2830. The summed E-state index contributed by atoms with van der Waals surface area (Å²) in [5.74, 6) is 1.84. The maximum absolute atomic E-state index is 16.1. The van der Waals surface area contributed by atoms with Crippen molar-refractivity contribution in [3.63, 3.8) is 0 Å². The second-order valence-corrected chi connectivity index (χ2v) is 16.0. The molecule has 10 rings (SSSR count). The second kappa shape index (κ2) is 13.9. The molecule has 1 aliphatic rings. The van der Waals surface area contributed by atoms with Crippen LogP contribution in [-0.2, 0) is 4.57 Å². The van der Waals surface area contributed by atoms with E-state index in [0.29, 0.717) is 17.5 Å². The van der Waals surface area contributed by atoms with Crippen LogP contribution in [0.25, 0.3) is 56.1 Å². The van der Waals surface area contributed by atoms with Gasteiger partial charge in [-0.15, -0.1) is 0 Å². The minimum Gasteiger partial charge on any atom is -0.270 e. The number of hydrogen-bond donors (Lipinski definition) is 0. The van der Waals surface area contributed by atoms with Crippen molar-refractivity contribution >= 4 is 46.3 Å². The predicted octanol–water partition coefficient (Wildman–Crippen LogP) is 12.5. The molecule has 8 aromatic carbocycles. The number of hydrogen-bond acceptors (Lipinski definition) is 4. The van der Waals surface area contributed by atoms with Crippen LogP contribution in [0, 0.1) is 0 Å². The third-order valence-corrected chi connectivity index (χ3v) is 13.2. The summed E-state index contributed by atoms with van der Waals surface area (Å²) in [4.78, 5) is 15.0. The second-order valence-electron chi connectivity index (χ2n) is 13.6. The first-order valence-corrected chi connectivity index (χ1v) is 20.2. The zero-order valence-electron chi connectivity index (χ0n) is 30.2. The van der Waals surface area contributed by atoms with Gasteiger partial charge in [0.25, 0.3) is 0 Å². The Labute approximate surface area is 325 Å². The lowest BCUT2D eigenvalue weighted by Gasteiger charge is -2.33. The third-order valence-electron chi connectivity index (χ3n) is 10.2. The van der Waals surface area contributed by atoms with E-state index in [2.05, 4.69) is 54.6 Å². The van der Waals surface area contributed by atoms with Gasteiger partial charge in [0.05, 0.1) is 16.7 Å². The van der Waals surface area contributed by atoms with Crippen molar-refractivity contribution in [3.8, 4) is 45.3 Å². The smallest absolute Gasteiger partial charge is 0.270 e. The van der Waals surface area contributed by atoms with Gasteiger partial charge in [-0.2, -0.15) is 0 Å². The fourth-order valence-electron chi connectivity index (χ4n) is 7.68. The number of benzene rings is 8. The maximum Gasteiger partial charge on any atom is 0.301 e. The first kappa shape index (κ1) is 33.4. The van der Waals surface area contributed by atoms with Crippen molar-refractivity contribution < 1.29 is 4.57 Å². The summed E-state index contributed by atoms with van der Waals surface area (Å²) in [5, 5.41) is 2.83. The van der Waals surface area contributed by atoms with Crippen LogP contribution < -0.4 is 14.6 Å². The minimum absolute atomic E-state index is 0.604. The molecule has 0 spiro atoms. The number of aromatic nitrogens is 3. The highest BCUT2D eigenvalue weighted by molar-refractivity contribution is 7.76. The van der Waals surface area contributed by atoms with E-state index in [1.54, 1.807) is 0 Å². The summed E-state index contributed by atoms with van der Waals surface area (Å²) < 4.78 is 20.2. The summed E-state index contributed by atoms with van der Waals surface area (Å²) in [5.41, 5.74) is 8.29. The summed E-state index contributed by atoms with van der Waals surface area (Å²) in [7, 11) is -3.49. The molecule has 1 unspecified atom stereocenters. The highest BCUT2D eigenvalue weighted by Crippen LogP contribution is 2.70. The van der Waals surface area contributed by atoms with E-state index in [0.717, 1.165) is 66.6 Å². The van der Waals surface area contributed by atoms with E-state index in [9.17, 15) is 0 Å². The molecule has 9 aromatic rings. The van der Waals surface area contributed by atoms with Crippen LogP contribution in [0.3, 0.4) is 0 Å². The molecule has 1 aliphatic heterocycles. The van der Waals surface area contributed by atoms with Gasteiger partial charge in [-0.3, -0.25) is 13.9 Å². The third kappa shape index (κ3) is 5.67. The largest absolute Gasteiger partial charge is 0.301 e. The average molecular weight is 740 g/mol. The molecule has 1 atom stereocenters. The van der Waals surface area contributed by atoms with Gasteiger partial charge >= 0.3 is 7.44 Å². The van der Waals surface area contributed by atoms with Crippen molar-refractivity contribution in [2.24, 2.45) is 0 Å². The van der Waals surface area contributed by atoms with E-state index in [1.807, 2.05) is 161 Å². The van der Waals surface area contributed by atoms with E-state index >= 15 is 4.57 Å². The van der Waals surface area contributed by atoms with E-state index in [-0.39, 0.29) is 0 Å². The van der Waals surface area contributed by atoms with Crippen LogP contribution in [0.15, 0.2) is 206 Å². The number of anilines is 4. The van der Waals surface area contributed by atoms with Crippen LogP contribution in [0.1, 0.15) is 0 Å². The molecule has 266 valence electrons. The molecule has 6 nitrogen and oxygen atoms in total. The fraction of sp³-hybridized carbons (Fsp3) is 0. The summed E-state index contributed by atoms with van der Waals surface area (Å²) in [6.07, 6.45) is 0. The monoisotopic (exact) mass is 739 g/mol. The lowest BCUT2D eigenvalue weighted by molar-refractivity contribution is 0.582. The molecule has 56 heavy (non-hydrogen) atoms. The Morgan fingerprint density at radius 2 is 0.786 bits per heavy atom. The molecule has 1 aromatic heterocycles. The lowest BCUT2D eigenvalue weighted by Crippen LogP contribution is -2.26.